The first-order chi connectivity index (χ1) is 12.0. The topological polar surface area (TPSA) is 52.6 Å². The molecular formula is C21H40O4. The molecule has 0 saturated carbocycles. The van der Waals surface area contributed by atoms with E-state index in [1.807, 2.05) is 0 Å². The van der Waals surface area contributed by atoms with Crippen LogP contribution in [0.15, 0.2) is 0 Å². The van der Waals surface area contributed by atoms with Gasteiger partial charge in [0.1, 0.15) is 0 Å². The molecule has 0 fully saturated rings. The monoisotopic (exact) mass is 356 g/mol. The molecule has 0 aromatic heterocycles. The van der Waals surface area contributed by atoms with Crippen molar-refractivity contribution in [1.82, 2.24) is 0 Å². The van der Waals surface area contributed by atoms with Gasteiger partial charge in [-0.05, 0) is 26.7 Å². The Balaban J connectivity index is 3.78. The summed E-state index contributed by atoms with van der Waals surface area (Å²) in [5.41, 5.74) is -1.22. The molecule has 0 unspecified atom stereocenters. The molecule has 0 bridgehead atoms. The van der Waals surface area contributed by atoms with Crippen LogP contribution in [-0.4, -0.2) is 25.2 Å². The zero-order valence-electron chi connectivity index (χ0n) is 17.0. The van der Waals surface area contributed by atoms with Crippen LogP contribution in [0.2, 0.25) is 0 Å². The van der Waals surface area contributed by atoms with Crippen molar-refractivity contribution in [2.24, 2.45) is 5.41 Å². The van der Waals surface area contributed by atoms with Gasteiger partial charge in [-0.15, -0.1) is 0 Å². The Bertz CT molecular complexity index is 350. The smallest absolute Gasteiger partial charge is 0.322 e. The summed E-state index contributed by atoms with van der Waals surface area (Å²) in [5, 5.41) is 0. The summed E-state index contributed by atoms with van der Waals surface area (Å²) < 4.78 is 10.5. The summed E-state index contributed by atoms with van der Waals surface area (Å²) >= 11 is 0. The van der Waals surface area contributed by atoms with Gasteiger partial charge in [-0.3, -0.25) is 9.59 Å². The maximum absolute atomic E-state index is 12.1. The molecule has 0 aliphatic carbocycles. The van der Waals surface area contributed by atoms with Crippen LogP contribution >= 0.6 is 0 Å². The van der Waals surface area contributed by atoms with Gasteiger partial charge >= 0.3 is 11.9 Å². The van der Waals surface area contributed by atoms with Gasteiger partial charge < -0.3 is 9.47 Å². The summed E-state index contributed by atoms with van der Waals surface area (Å²) in [6.07, 6.45) is 13.8. The van der Waals surface area contributed by atoms with Gasteiger partial charge in [-0.2, -0.15) is 0 Å². The van der Waals surface area contributed by atoms with E-state index in [1.54, 1.807) is 13.8 Å². The molecule has 0 aliphatic rings. The average molecular weight is 357 g/mol. The van der Waals surface area contributed by atoms with Gasteiger partial charge in [0.25, 0.3) is 0 Å². The Labute approximate surface area is 155 Å². The molecule has 0 spiro atoms. The van der Waals surface area contributed by atoms with Gasteiger partial charge in [0, 0.05) is 0 Å². The minimum atomic E-state index is -1.22. The second-order valence-corrected chi connectivity index (χ2v) is 7.43. The largest absolute Gasteiger partial charge is 0.465 e. The molecule has 25 heavy (non-hydrogen) atoms. The fourth-order valence-electron chi connectivity index (χ4n) is 2.54. The number of carbonyl (C=O) groups is 2. The first-order valence-corrected chi connectivity index (χ1v) is 10.3. The Morgan fingerprint density at radius 3 is 1.32 bits per heavy atom. The van der Waals surface area contributed by atoms with E-state index in [2.05, 4.69) is 13.8 Å². The molecule has 4 heteroatoms. The average Bonchev–Trinajstić information content (AvgIpc) is 2.59. The minimum absolute atomic E-state index is 0.383. The lowest BCUT2D eigenvalue weighted by Crippen LogP contribution is -2.37. The zero-order valence-corrected chi connectivity index (χ0v) is 17.0. The van der Waals surface area contributed by atoms with E-state index in [1.165, 1.54) is 38.5 Å². The quantitative estimate of drug-likeness (QED) is 0.199. The molecule has 0 rings (SSSR count). The van der Waals surface area contributed by atoms with Crippen LogP contribution in [0.4, 0.5) is 0 Å². The van der Waals surface area contributed by atoms with E-state index in [0.29, 0.717) is 13.2 Å². The molecule has 0 heterocycles. The molecule has 148 valence electrons. The predicted octanol–water partition coefficient (Wildman–Crippen LogP) is 5.82. The maximum atomic E-state index is 12.1. The summed E-state index contributed by atoms with van der Waals surface area (Å²) in [6, 6.07) is 0. The van der Waals surface area contributed by atoms with Crippen molar-refractivity contribution in [3.63, 3.8) is 0 Å². The van der Waals surface area contributed by atoms with Gasteiger partial charge in [0.05, 0.1) is 13.2 Å². The van der Waals surface area contributed by atoms with E-state index in [9.17, 15) is 9.59 Å². The van der Waals surface area contributed by atoms with Gasteiger partial charge in [-0.1, -0.05) is 78.1 Å². The Kier molecular flexibility index (Phi) is 14.6. The zero-order chi connectivity index (χ0) is 19.0. The van der Waals surface area contributed by atoms with Gasteiger partial charge in [-0.25, -0.2) is 0 Å². The second kappa shape index (κ2) is 15.2. The van der Waals surface area contributed by atoms with Crippen LogP contribution in [0.1, 0.15) is 105 Å². The van der Waals surface area contributed by atoms with E-state index < -0.39 is 17.4 Å². The highest BCUT2D eigenvalue weighted by Gasteiger charge is 2.39. The molecule has 0 saturated heterocycles. The van der Waals surface area contributed by atoms with Crippen molar-refractivity contribution in [3.8, 4) is 0 Å². The van der Waals surface area contributed by atoms with Crippen molar-refractivity contribution >= 4 is 11.9 Å². The maximum Gasteiger partial charge on any atom is 0.322 e. The lowest BCUT2D eigenvalue weighted by molar-refractivity contribution is -0.169. The minimum Gasteiger partial charge on any atom is -0.465 e. The molecule has 0 amide bonds. The van der Waals surface area contributed by atoms with E-state index in [4.69, 9.17) is 9.47 Å². The highest BCUT2D eigenvalue weighted by Crippen LogP contribution is 2.20. The fraction of sp³-hybridized carbons (Fsp3) is 0.905. The molecule has 0 aliphatic heterocycles. The number of rotatable bonds is 16. The van der Waals surface area contributed by atoms with Crippen LogP contribution in [0, 0.1) is 5.41 Å². The normalized spacial score (nSPS) is 11.4. The Hall–Kier alpha value is -1.06. The van der Waals surface area contributed by atoms with E-state index in [-0.39, 0.29) is 0 Å². The summed E-state index contributed by atoms with van der Waals surface area (Å²) in [5.74, 6) is -0.959. The SMILES string of the molecule is CCCCCCCCCCOC(=O)C(C)(C)C(=O)OCCCCCC. The van der Waals surface area contributed by atoms with Gasteiger partial charge in [0.15, 0.2) is 5.41 Å². The second-order valence-electron chi connectivity index (χ2n) is 7.43. The van der Waals surface area contributed by atoms with Crippen molar-refractivity contribution in [3.05, 3.63) is 0 Å². The van der Waals surface area contributed by atoms with Crippen LogP contribution < -0.4 is 0 Å². The lowest BCUT2D eigenvalue weighted by atomic mass is 9.94. The van der Waals surface area contributed by atoms with Crippen LogP contribution in [0.25, 0.3) is 0 Å². The third-order valence-electron chi connectivity index (χ3n) is 4.48. The third-order valence-corrected chi connectivity index (χ3v) is 4.48. The number of carbonyl (C=O) groups excluding carboxylic acids is 2. The Morgan fingerprint density at radius 2 is 0.920 bits per heavy atom. The summed E-state index contributed by atoms with van der Waals surface area (Å²) in [7, 11) is 0. The molecular weight excluding hydrogens is 316 g/mol. The number of esters is 2. The first-order valence-electron chi connectivity index (χ1n) is 10.3. The number of hydrogen-bond donors (Lipinski definition) is 0. The van der Waals surface area contributed by atoms with Crippen molar-refractivity contribution in [1.29, 1.82) is 0 Å². The molecule has 0 aromatic rings. The Morgan fingerprint density at radius 1 is 0.600 bits per heavy atom. The van der Waals surface area contributed by atoms with E-state index >= 15 is 0 Å². The standard InChI is InChI=1S/C21H40O4/c1-5-7-9-11-12-13-14-16-18-25-20(23)21(3,4)19(22)24-17-15-10-8-6-2/h5-18H2,1-4H3. The molecule has 0 aromatic carbocycles. The summed E-state index contributed by atoms with van der Waals surface area (Å²) in [6.45, 7) is 8.29. The third kappa shape index (κ3) is 12.0. The molecule has 4 nitrogen and oxygen atoms in total. The first kappa shape index (κ1) is 23.9. The lowest BCUT2D eigenvalue weighted by Gasteiger charge is -2.20. The summed E-state index contributed by atoms with van der Waals surface area (Å²) in [4.78, 5) is 24.2. The van der Waals surface area contributed by atoms with Crippen molar-refractivity contribution in [2.45, 2.75) is 105 Å². The number of unbranched alkanes of at least 4 members (excludes halogenated alkanes) is 10. The van der Waals surface area contributed by atoms with Crippen LogP contribution in [0.3, 0.4) is 0 Å². The van der Waals surface area contributed by atoms with Crippen LogP contribution in [0.5, 0.6) is 0 Å². The highest BCUT2D eigenvalue weighted by molar-refractivity contribution is 5.99. The molecule has 0 atom stereocenters. The molecule has 0 radical (unpaired) electrons. The van der Waals surface area contributed by atoms with E-state index in [0.717, 1.165) is 38.5 Å². The highest BCUT2D eigenvalue weighted by atomic mass is 16.6. The number of hydrogen-bond acceptors (Lipinski definition) is 4. The van der Waals surface area contributed by atoms with Crippen molar-refractivity contribution in [2.75, 3.05) is 13.2 Å². The van der Waals surface area contributed by atoms with Crippen molar-refractivity contribution < 1.29 is 19.1 Å². The molecule has 0 N–H and O–H groups in total. The predicted molar refractivity (Wildman–Crippen MR) is 102 cm³/mol. The fourth-order valence-corrected chi connectivity index (χ4v) is 2.54. The number of ether oxygens (including phenoxy) is 2. The van der Waals surface area contributed by atoms with Gasteiger partial charge in [0.2, 0.25) is 0 Å². The van der Waals surface area contributed by atoms with Crippen LogP contribution in [-0.2, 0) is 19.1 Å².